The Morgan fingerprint density at radius 1 is 1.56 bits per heavy atom. The van der Waals surface area contributed by atoms with Crippen molar-refractivity contribution in [3.63, 3.8) is 0 Å². The molecule has 1 aromatic rings. The van der Waals surface area contributed by atoms with Crippen LogP contribution in [-0.4, -0.2) is 27.7 Å². The van der Waals surface area contributed by atoms with Gasteiger partial charge >= 0.3 is 0 Å². The molecule has 4 nitrogen and oxygen atoms in total. The Kier molecular flexibility index (Phi) is 4.55. The predicted octanol–water partition coefficient (Wildman–Crippen LogP) is 0.843. The van der Waals surface area contributed by atoms with E-state index >= 15 is 0 Å². The molecule has 2 atom stereocenters. The van der Waals surface area contributed by atoms with Gasteiger partial charge in [-0.25, -0.2) is 0 Å². The zero-order valence-electron chi connectivity index (χ0n) is 10.1. The molecule has 0 spiro atoms. The van der Waals surface area contributed by atoms with E-state index in [0.29, 0.717) is 0 Å². The van der Waals surface area contributed by atoms with Crippen molar-refractivity contribution >= 4 is 5.91 Å². The number of rotatable bonds is 5. The molecule has 90 valence electrons. The molecule has 0 radical (unpaired) electrons. The van der Waals surface area contributed by atoms with Crippen LogP contribution >= 0.6 is 0 Å². The van der Waals surface area contributed by atoms with Gasteiger partial charge in [0.05, 0.1) is 0 Å². The Bertz CT molecular complexity index is 345. The van der Waals surface area contributed by atoms with Crippen LogP contribution in [-0.2, 0) is 18.3 Å². The number of aliphatic hydroxyl groups is 1. The van der Waals surface area contributed by atoms with Crippen LogP contribution < -0.4 is 5.32 Å². The van der Waals surface area contributed by atoms with E-state index in [-0.39, 0.29) is 11.9 Å². The number of carbonyl (C=O) groups is 1. The molecule has 1 amide bonds. The largest absolute Gasteiger partial charge is 0.384 e. The van der Waals surface area contributed by atoms with Gasteiger partial charge in [-0.3, -0.25) is 4.79 Å². The first-order valence-corrected chi connectivity index (χ1v) is 5.59. The number of hydrogen-bond acceptors (Lipinski definition) is 2. The van der Waals surface area contributed by atoms with Gasteiger partial charge in [0.15, 0.2) is 0 Å². The second kappa shape index (κ2) is 5.70. The standard InChI is InChI=1S/C12H20N2O2/c1-9(13-12(16)10(2)15)6-7-11-5-4-8-14(11)3/h4-5,8-10,15H,6-7H2,1-3H3,(H,13,16). The fourth-order valence-electron chi connectivity index (χ4n) is 1.56. The first-order valence-electron chi connectivity index (χ1n) is 5.59. The van der Waals surface area contributed by atoms with Crippen molar-refractivity contribution in [1.82, 2.24) is 9.88 Å². The highest BCUT2D eigenvalue weighted by Gasteiger charge is 2.12. The Hall–Kier alpha value is -1.29. The SMILES string of the molecule is CC(CCc1cccn1C)NC(=O)C(C)O. The molecule has 0 aromatic carbocycles. The fraction of sp³-hybridized carbons (Fsp3) is 0.583. The maximum absolute atomic E-state index is 11.2. The molecule has 0 bridgehead atoms. The minimum Gasteiger partial charge on any atom is -0.384 e. The lowest BCUT2D eigenvalue weighted by Crippen LogP contribution is -2.38. The van der Waals surface area contributed by atoms with Gasteiger partial charge in [-0.2, -0.15) is 0 Å². The Labute approximate surface area is 96.3 Å². The van der Waals surface area contributed by atoms with E-state index in [1.165, 1.54) is 12.6 Å². The normalized spacial score (nSPS) is 14.5. The summed E-state index contributed by atoms with van der Waals surface area (Å²) in [7, 11) is 2.01. The number of aliphatic hydroxyl groups excluding tert-OH is 1. The van der Waals surface area contributed by atoms with E-state index in [0.717, 1.165) is 12.8 Å². The number of carbonyl (C=O) groups excluding carboxylic acids is 1. The average Bonchev–Trinajstić information content (AvgIpc) is 2.61. The van der Waals surface area contributed by atoms with Gasteiger partial charge in [-0.05, 0) is 38.8 Å². The van der Waals surface area contributed by atoms with Gasteiger partial charge in [0.2, 0.25) is 5.91 Å². The summed E-state index contributed by atoms with van der Waals surface area (Å²) in [5, 5.41) is 11.8. The van der Waals surface area contributed by atoms with E-state index < -0.39 is 6.10 Å². The molecular weight excluding hydrogens is 204 g/mol. The van der Waals surface area contributed by atoms with Crippen LogP contribution in [0.1, 0.15) is 26.0 Å². The van der Waals surface area contributed by atoms with Gasteiger partial charge in [0.1, 0.15) is 6.10 Å². The minimum atomic E-state index is -0.933. The van der Waals surface area contributed by atoms with Crippen molar-refractivity contribution in [3.05, 3.63) is 24.0 Å². The first-order chi connectivity index (χ1) is 7.50. The third-order valence-electron chi connectivity index (χ3n) is 2.65. The zero-order chi connectivity index (χ0) is 12.1. The summed E-state index contributed by atoms with van der Waals surface area (Å²) in [6.07, 6.45) is 2.87. The van der Waals surface area contributed by atoms with Crippen LogP contribution in [0.5, 0.6) is 0 Å². The molecule has 0 aliphatic heterocycles. The van der Waals surface area contributed by atoms with Crippen LogP contribution in [0.2, 0.25) is 0 Å². The molecular formula is C12H20N2O2. The van der Waals surface area contributed by atoms with Crippen molar-refractivity contribution in [3.8, 4) is 0 Å². The van der Waals surface area contributed by atoms with Crippen molar-refractivity contribution in [2.75, 3.05) is 0 Å². The highest BCUT2D eigenvalue weighted by atomic mass is 16.3. The van der Waals surface area contributed by atoms with Gasteiger partial charge in [-0.15, -0.1) is 0 Å². The summed E-state index contributed by atoms with van der Waals surface area (Å²) < 4.78 is 2.07. The summed E-state index contributed by atoms with van der Waals surface area (Å²) in [5.74, 6) is -0.306. The van der Waals surface area contributed by atoms with Crippen LogP contribution in [0.3, 0.4) is 0 Å². The number of nitrogens with one attached hydrogen (secondary N) is 1. The number of aryl methyl sites for hydroxylation is 2. The lowest BCUT2D eigenvalue weighted by Gasteiger charge is -2.15. The van der Waals surface area contributed by atoms with Gasteiger partial charge in [0.25, 0.3) is 0 Å². The Morgan fingerprint density at radius 3 is 2.75 bits per heavy atom. The third kappa shape index (κ3) is 3.70. The first kappa shape index (κ1) is 12.8. The average molecular weight is 224 g/mol. The maximum Gasteiger partial charge on any atom is 0.248 e. The predicted molar refractivity (Wildman–Crippen MR) is 63.0 cm³/mol. The fourth-order valence-corrected chi connectivity index (χ4v) is 1.56. The molecule has 0 saturated carbocycles. The smallest absolute Gasteiger partial charge is 0.248 e. The molecule has 4 heteroatoms. The highest BCUT2D eigenvalue weighted by Crippen LogP contribution is 2.05. The molecule has 0 fully saturated rings. The third-order valence-corrected chi connectivity index (χ3v) is 2.65. The van der Waals surface area contributed by atoms with Crippen LogP contribution in [0.25, 0.3) is 0 Å². The monoisotopic (exact) mass is 224 g/mol. The van der Waals surface area contributed by atoms with Gasteiger partial charge < -0.3 is 15.0 Å². The number of nitrogens with zero attached hydrogens (tertiary/aromatic N) is 1. The topological polar surface area (TPSA) is 54.3 Å². The van der Waals surface area contributed by atoms with Gasteiger partial charge in [0, 0.05) is 25.0 Å². The van der Waals surface area contributed by atoms with Crippen LogP contribution in [0.15, 0.2) is 18.3 Å². The Morgan fingerprint density at radius 2 is 2.25 bits per heavy atom. The molecule has 1 rings (SSSR count). The molecule has 1 aromatic heterocycles. The van der Waals surface area contributed by atoms with E-state index in [1.807, 2.05) is 26.2 Å². The molecule has 2 unspecified atom stereocenters. The number of aromatic nitrogens is 1. The summed E-state index contributed by atoms with van der Waals surface area (Å²) in [5.41, 5.74) is 1.25. The van der Waals surface area contributed by atoms with E-state index in [2.05, 4.69) is 16.0 Å². The lowest BCUT2D eigenvalue weighted by molar-refractivity contribution is -0.129. The van der Waals surface area contributed by atoms with E-state index in [1.54, 1.807) is 0 Å². The van der Waals surface area contributed by atoms with Crippen molar-refractivity contribution in [2.24, 2.45) is 7.05 Å². The lowest BCUT2D eigenvalue weighted by atomic mass is 10.1. The van der Waals surface area contributed by atoms with E-state index in [9.17, 15) is 4.79 Å². The van der Waals surface area contributed by atoms with Crippen LogP contribution in [0.4, 0.5) is 0 Å². The second-order valence-electron chi connectivity index (χ2n) is 4.23. The molecule has 1 heterocycles. The number of amides is 1. The zero-order valence-corrected chi connectivity index (χ0v) is 10.1. The molecule has 0 aliphatic rings. The van der Waals surface area contributed by atoms with Gasteiger partial charge in [-0.1, -0.05) is 0 Å². The maximum atomic E-state index is 11.2. The molecule has 0 saturated heterocycles. The second-order valence-corrected chi connectivity index (χ2v) is 4.23. The molecule has 16 heavy (non-hydrogen) atoms. The van der Waals surface area contributed by atoms with Crippen molar-refractivity contribution in [1.29, 1.82) is 0 Å². The summed E-state index contributed by atoms with van der Waals surface area (Å²) in [4.78, 5) is 11.2. The van der Waals surface area contributed by atoms with Crippen molar-refractivity contribution < 1.29 is 9.90 Å². The highest BCUT2D eigenvalue weighted by molar-refractivity contribution is 5.80. The Balaban J connectivity index is 2.33. The summed E-state index contributed by atoms with van der Waals surface area (Å²) in [6, 6.07) is 4.16. The van der Waals surface area contributed by atoms with E-state index in [4.69, 9.17) is 5.11 Å². The van der Waals surface area contributed by atoms with Crippen LogP contribution in [0, 0.1) is 0 Å². The molecule has 0 aliphatic carbocycles. The molecule has 2 N–H and O–H groups in total. The quantitative estimate of drug-likeness (QED) is 0.779. The van der Waals surface area contributed by atoms with Crippen molar-refractivity contribution in [2.45, 2.75) is 38.8 Å². The number of hydrogen-bond donors (Lipinski definition) is 2. The summed E-state index contributed by atoms with van der Waals surface area (Å²) >= 11 is 0. The summed E-state index contributed by atoms with van der Waals surface area (Å²) in [6.45, 7) is 3.42. The minimum absolute atomic E-state index is 0.0806.